The molecule has 0 bridgehead atoms. The largest absolute Gasteiger partial charge is 0.490 e. The van der Waals surface area contributed by atoms with E-state index in [4.69, 9.17) is 15.2 Å². The molecule has 0 aliphatic heterocycles. The number of nitrogens with two attached hydrogens (primary N) is 1. The summed E-state index contributed by atoms with van der Waals surface area (Å²) in [4.78, 5) is 5.09. The van der Waals surface area contributed by atoms with E-state index in [1.165, 1.54) is 0 Å². The fourth-order valence-corrected chi connectivity index (χ4v) is 2.71. The van der Waals surface area contributed by atoms with Gasteiger partial charge in [-0.3, -0.25) is 4.98 Å². The van der Waals surface area contributed by atoms with Crippen molar-refractivity contribution in [3.05, 3.63) is 38.8 Å². The Labute approximate surface area is 124 Å². The van der Waals surface area contributed by atoms with E-state index in [2.05, 4.69) is 20.9 Å². The maximum Gasteiger partial charge on any atom is 0.175 e. The molecule has 102 valence electrons. The van der Waals surface area contributed by atoms with Crippen molar-refractivity contribution in [2.45, 2.75) is 20.1 Å². The Morgan fingerprint density at radius 2 is 2.21 bits per heavy atom. The minimum atomic E-state index is 0.466. The summed E-state index contributed by atoms with van der Waals surface area (Å²) < 4.78 is 12.3. The number of halogens is 1. The number of nitrogens with zero attached hydrogens (tertiary/aromatic N) is 1. The van der Waals surface area contributed by atoms with Crippen LogP contribution in [0.5, 0.6) is 11.5 Å². The summed E-state index contributed by atoms with van der Waals surface area (Å²) in [6.07, 6.45) is 1.80. The number of thiazole rings is 1. The highest BCUT2D eigenvalue weighted by molar-refractivity contribution is 9.10. The summed E-state index contributed by atoms with van der Waals surface area (Å²) in [7, 11) is 0. The Morgan fingerprint density at radius 1 is 1.37 bits per heavy atom. The maximum atomic E-state index is 5.82. The SMILES string of the molecule is CCOc1cc(CN)cc(Br)c1OCc1cncs1. The van der Waals surface area contributed by atoms with Gasteiger partial charge in [0.1, 0.15) is 6.61 Å². The van der Waals surface area contributed by atoms with Crippen LogP contribution in [-0.2, 0) is 13.2 Å². The third-order valence-electron chi connectivity index (χ3n) is 2.45. The average molecular weight is 343 g/mol. The second-order valence-electron chi connectivity index (χ2n) is 3.80. The van der Waals surface area contributed by atoms with Gasteiger partial charge < -0.3 is 15.2 Å². The molecule has 0 unspecified atom stereocenters. The quantitative estimate of drug-likeness (QED) is 0.874. The van der Waals surface area contributed by atoms with E-state index in [0.29, 0.717) is 31.3 Å². The van der Waals surface area contributed by atoms with Gasteiger partial charge in [0.25, 0.3) is 0 Å². The minimum absolute atomic E-state index is 0.466. The monoisotopic (exact) mass is 342 g/mol. The fourth-order valence-electron chi connectivity index (χ4n) is 1.60. The molecule has 19 heavy (non-hydrogen) atoms. The first kappa shape index (κ1) is 14.3. The zero-order chi connectivity index (χ0) is 13.7. The molecule has 2 N–H and O–H groups in total. The molecule has 6 heteroatoms. The van der Waals surface area contributed by atoms with Crippen LogP contribution in [0.15, 0.2) is 28.3 Å². The molecule has 0 atom stereocenters. The van der Waals surface area contributed by atoms with Crippen LogP contribution in [0.1, 0.15) is 17.4 Å². The van der Waals surface area contributed by atoms with Crippen LogP contribution in [0.25, 0.3) is 0 Å². The van der Waals surface area contributed by atoms with Crippen LogP contribution in [0, 0.1) is 0 Å². The summed E-state index contributed by atoms with van der Waals surface area (Å²) in [5.74, 6) is 1.41. The Morgan fingerprint density at radius 3 is 2.84 bits per heavy atom. The Hall–Kier alpha value is -1.11. The zero-order valence-corrected chi connectivity index (χ0v) is 13.0. The van der Waals surface area contributed by atoms with Gasteiger partial charge in [0.2, 0.25) is 0 Å². The predicted octanol–water partition coefficient (Wildman–Crippen LogP) is 3.34. The molecule has 0 aliphatic carbocycles. The smallest absolute Gasteiger partial charge is 0.175 e. The molecular formula is C13H15BrN2O2S. The molecule has 0 aliphatic rings. The number of benzene rings is 1. The number of hydrogen-bond donors (Lipinski definition) is 1. The van der Waals surface area contributed by atoms with Crippen LogP contribution >= 0.6 is 27.3 Å². The molecule has 0 radical (unpaired) electrons. The molecule has 1 heterocycles. The molecule has 0 saturated heterocycles. The fraction of sp³-hybridized carbons (Fsp3) is 0.308. The van der Waals surface area contributed by atoms with Crippen molar-refractivity contribution in [1.29, 1.82) is 0 Å². The van der Waals surface area contributed by atoms with Crippen LogP contribution in [0.3, 0.4) is 0 Å². The first-order chi connectivity index (χ1) is 9.24. The van der Waals surface area contributed by atoms with Crippen molar-refractivity contribution in [2.24, 2.45) is 5.73 Å². The topological polar surface area (TPSA) is 57.4 Å². The Bertz CT molecular complexity index is 532. The van der Waals surface area contributed by atoms with Gasteiger partial charge in [-0.1, -0.05) is 0 Å². The lowest BCUT2D eigenvalue weighted by molar-refractivity contribution is 0.269. The second kappa shape index (κ2) is 6.88. The van der Waals surface area contributed by atoms with Crippen molar-refractivity contribution >= 4 is 27.3 Å². The predicted molar refractivity (Wildman–Crippen MR) is 79.6 cm³/mol. The van der Waals surface area contributed by atoms with Crippen LogP contribution < -0.4 is 15.2 Å². The van der Waals surface area contributed by atoms with Gasteiger partial charge in [-0.15, -0.1) is 11.3 Å². The summed E-state index contributed by atoms with van der Waals surface area (Å²) in [6.45, 7) is 3.46. The third kappa shape index (κ3) is 3.68. The van der Waals surface area contributed by atoms with Gasteiger partial charge in [-0.25, -0.2) is 0 Å². The van der Waals surface area contributed by atoms with Crippen LogP contribution in [0.2, 0.25) is 0 Å². The standard InChI is InChI=1S/C13H15BrN2O2S/c1-2-17-12-4-9(5-15)3-11(14)13(12)18-7-10-6-16-8-19-10/h3-4,6,8H,2,5,7,15H2,1H3. The van der Waals surface area contributed by atoms with Gasteiger partial charge in [0, 0.05) is 12.7 Å². The molecule has 1 aromatic heterocycles. The Kier molecular flexibility index (Phi) is 5.18. The van der Waals surface area contributed by atoms with Crippen molar-refractivity contribution in [3.8, 4) is 11.5 Å². The highest BCUT2D eigenvalue weighted by Crippen LogP contribution is 2.37. The van der Waals surface area contributed by atoms with Gasteiger partial charge >= 0.3 is 0 Å². The van der Waals surface area contributed by atoms with Crippen molar-refractivity contribution in [1.82, 2.24) is 4.98 Å². The van der Waals surface area contributed by atoms with Gasteiger partial charge in [-0.2, -0.15) is 0 Å². The normalized spacial score (nSPS) is 10.5. The average Bonchev–Trinajstić information content (AvgIpc) is 2.91. The lowest BCUT2D eigenvalue weighted by Crippen LogP contribution is -2.02. The van der Waals surface area contributed by atoms with E-state index in [-0.39, 0.29) is 0 Å². The second-order valence-corrected chi connectivity index (χ2v) is 5.62. The maximum absolute atomic E-state index is 5.82. The molecule has 2 rings (SSSR count). The molecule has 0 fully saturated rings. The lowest BCUT2D eigenvalue weighted by Gasteiger charge is -2.14. The van der Waals surface area contributed by atoms with Gasteiger partial charge in [0.15, 0.2) is 11.5 Å². The van der Waals surface area contributed by atoms with Gasteiger partial charge in [-0.05, 0) is 40.5 Å². The van der Waals surface area contributed by atoms with Crippen molar-refractivity contribution < 1.29 is 9.47 Å². The molecule has 4 nitrogen and oxygen atoms in total. The van der Waals surface area contributed by atoms with Crippen LogP contribution in [-0.4, -0.2) is 11.6 Å². The van der Waals surface area contributed by atoms with E-state index in [0.717, 1.165) is 14.9 Å². The van der Waals surface area contributed by atoms with E-state index in [9.17, 15) is 0 Å². The van der Waals surface area contributed by atoms with Crippen molar-refractivity contribution in [2.75, 3.05) is 6.61 Å². The number of hydrogen-bond acceptors (Lipinski definition) is 5. The first-order valence-electron chi connectivity index (χ1n) is 5.90. The first-order valence-corrected chi connectivity index (χ1v) is 7.57. The highest BCUT2D eigenvalue weighted by Gasteiger charge is 2.12. The summed E-state index contributed by atoms with van der Waals surface area (Å²) in [5.41, 5.74) is 8.45. The van der Waals surface area contributed by atoms with E-state index in [1.54, 1.807) is 23.0 Å². The van der Waals surface area contributed by atoms with E-state index < -0.39 is 0 Å². The van der Waals surface area contributed by atoms with E-state index >= 15 is 0 Å². The Balaban J connectivity index is 2.21. The molecule has 0 saturated carbocycles. The minimum Gasteiger partial charge on any atom is -0.490 e. The molecular weight excluding hydrogens is 328 g/mol. The van der Waals surface area contributed by atoms with Gasteiger partial charge in [0.05, 0.1) is 21.5 Å². The summed E-state index contributed by atoms with van der Waals surface area (Å²) in [5, 5.41) is 0. The molecule has 0 amide bonds. The number of ether oxygens (including phenoxy) is 2. The molecule has 0 spiro atoms. The summed E-state index contributed by atoms with van der Waals surface area (Å²) >= 11 is 5.06. The van der Waals surface area contributed by atoms with Crippen molar-refractivity contribution in [3.63, 3.8) is 0 Å². The zero-order valence-electron chi connectivity index (χ0n) is 10.6. The lowest BCUT2D eigenvalue weighted by atomic mass is 10.2. The molecule has 2 aromatic rings. The number of rotatable bonds is 6. The molecule has 1 aromatic carbocycles. The summed E-state index contributed by atoms with van der Waals surface area (Å²) in [6, 6.07) is 3.86. The third-order valence-corrected chi connectivity index (χ3v) is 3.79. The number of aromatic nitrogens is 1. The highest BCUT2D eigenvalue weighted by atomic mass is 79.9. The van der Waals surface area contributed by atoms with E-state index in [1.807, 2.05) is 19.1 Å². The van der Waals surface area contributed by atoms with Crippen LogP contribution in [0.4, 0.5) is 0 Å².